The molecular formula is C22H25F2N3. The number of aromatic nitrogens is 2. The average molecular weight is 369 g/mol. The molecule has 1 aromatic heterocycles. The zero-order valence-electron chi connectivity index (χ0n) is 16.2. The smallest absolute Gasteiger partial charge is 0.130 e. The Balaban J connectivity index is 1.71. The van der Waals surface area contributed by atoms with Crippen LogP contribution in [0.3, 0.4) is 0 Å². The third kappa shape index (κ3) is 4.42. The molecule has 1 atom stereocenters. The van der Waals surface area contributed by atoms with E-state index in [9.17, 15) is 8.78 Å². The molecule has 3 rings (SSSR count). The molecule has 1 heterocycles. The Morgan fingerprint density at radius 2 is 1.74 bits per heavy atom. The largest absolute Gasteiger partial charge is 0.306 e. The fourth-order valence-electron chi connectivity index (χ4n) is 3.23. The summed E-state index contributed by atoms with van der Waals surface area (Å²) in [7, 11) is 0. The predicted octanol–water partition coefficient (Wildman–Crippen LogP) is 4.99. The van der Waals surface area contributed by atoms with Gasteiger partial charge in [0.25, 0.3) is 0 Å². The third-order valence-electron chi connectivity index (χ3n) is 5.00. The number of hydrogen-bond acceptors (Lipinski definition) is 2. The lowest BCUT2D eigenvalue weighted by Gasteiger charge is -2.15. The summed E-state index contributed by atoms with van der Waals surface area (Å²) in [5.41, 5.74) is 6.05. The Kier molecular flexibility index (Phi) is 5.71. The number of nitrogens with one attached hydrogen (secondary N) is 1. The summed E-state index contributed by atoms with van der Waals surface area (Å²) < 4.78 is 29.1. The number of benzene rings is 2. The van der Waals surface area contributed by atoms with E-state index in [1.807, 2.05) is 25.5 Å². The highest BCUT2D eigenvalue weighted by molar-refractivity contribution is 5.28. The predicted molar refractivity (Wildman–Crippen MR) is 104 cm³/mol. The SMILES string of the molecule is Cc1ccc(Cn2nc(C)c(CN[C@@H](C)c3ccc(F)cc3F)c2C)cc1. The van der Waals surface area contributed by atoms with E-state index >= 15 is 0 Å². The lowest BCUT2D eigenvalue weighted by molar-refractivity contribution is 0.516. The number of halogens is 2. The average Bonchev–Trinajstić information content (AvgIpc) is 2.88. The highest BCUT2D eigenvalue weighted by Crippen LogP contribution is 2.20. The van der Waals surface area contributed by atoms with Crippen LogP contribution in [0, 0.1) is 32.4 Å². The maximum Gasteiger partial charge on any atom is 0.130 e. The maximum absolute atomic E-state index is 14.0. The molecule has 27 heavy (non-hydrogen) atoms. The molecule has 2 aromatic carbocycles. The van der Waals surface area contributed by atoms with Gasteiger partial charge in [-0.25, -0.2) is 8.78 Å². The molecule has 0 aliphatic heterocycles. The summed E-state index contributed by atoms with van der Waals surface area (Å²) in [5, 5.41) is 7.99. The minimum atomic E-state index is -0.562. The van der Waals surface area contributed by atoms with Crippen molar-refractivity contribution in [3.63, 3.8) is 0 Å². The summed E-state index contributed by atoms with van der Waals surface area (Å²) in [6.07, 6.45) is 0. The van der Waals surface area contributed by atoms with Gasteiger partial charge in [0.1, 0.15) is 11.6 Å². The second-order valence-electron chi connectivity index (χ2n) is 7.06. The molecule has 0 radical (unpaired) electrons. The topological polar surface area (TPSA) is 29.9 Å². The van der Waals surface area contributed by atoms with E-state index in [2.05, 4.69) is 41.6 Å². The lowest BCUT2D eigenvalue weighted by Crippen LogP contribution is -2.20. The minimum Gasteiger partial charge on any atom is -0.306 e. The first-order valence-electron chi connectivity index (χ1n) is 9.12. The van der Waals surface area contributed by atoms with Gasteiger partial charge in [-0.1, -0.05) is 35.9 Å². The second kappa shape index (κ2) is 8.01. The summed E-state index contributed by atoms with van der Waals surface area (Å²) in [4.78, 5) is 0. The standard InChI is InChI=1S/C22H25F2N3/c1-14-5-7-18(8-6-14)13-27-17(4)21(16(3)26-27)12-25-15(2)20-10-9-19(23)11-22(20)24/h5-11,15,25H,12-13H2,1-4H3/t15-/m0/s1. The van der Waals surface area contributed by atoms with Gasteiger partial charge in [-0.15, -0.1) is 0 Å². The van der Waals surface area contributed by atoms with Crippen LogP contribution in [0.25, 0.3) is 0 Å². The van der Waals surface area contributed by atoms with Crippen molar-refractivity contribution < 1.29 is 8.78 Å². The molecule has 0 spiro atoms. The van der Waals surface area contributed by atoms with E-state index < -0.39 is 11.6 Å². The fourth-order valence-corrected chi connectivity index (χ4v) is 3.23. The van der Waals surface area contributed by atoms with E-state index in [1.165, 1.54) is 23.3 Å². The van der Waals surface area contributed by atoms with Gasteiger partial charge in [-0.3, -0.25) is 4.68 Å². The summed E-state index contributed by atoms with van der Waals surface area (Å²) in [6.45, 7) is 9.27. The molecule has 0 aliphatic rings. The molecule has 1 N–H and O–H groups in total. The maximum atomic E-state index is 14.0. The second-order valence-corrected chi connectivity index (χ2v) is 7.06. The highest BCUT2D eigenvalue weighted by Gasteiger charge is 2.15. The molecular weight excluding hydrogens is 344 g/mol. The molecule has 0 aliphatic carbocycles. The number of aryl methyl sites for hydroxylation is 2. The van der Waals surface area contributed by atoms with Crippen molar-refractivity contribution in [2.45, 2.75) is 46.8 Å². The Bertz CT molecular complexity index is 929. The van der Waals surface area contributed by atoms with Crippen LogP contribution in [0.1, 0.15) is 46.6 Å². The van der Waals surface area contributed by atoms with Gasteiger partial charge in [-0.05, 0) is 39.3 Å². The first-order valence-corrected chi connectivity index (χ1v) is 9.12. The Morgan fingerprint density at radius 1 is 1.04 bits per heavy atom. The van der Waals surface area contributed by atoms with Crippen molar-refractivity contribution in [1.29, 1.82) is 0 Å². The molecule has 0 unspecified atom stereocenters. The van der Waals surface area contributed by atoms with E-state index in [4.69, 9.17) is 0 Å². The molecule has 5 heteroatoms. The van der Waals surface area contributed by atoms with Crippen LogP contribution in [-0.2, 0) is 13.1 Å². The van der Waals surface area contributed by atoms with Crippen LogP contribution < -0.4 is 5.32 Å². The lowest BCUT2D eigenvalue weighted by atomic mass is 10.1. The number of rotatable bonds is 6. The molecule has 3 aromatic rings. The van der Waals surface area contributed by atoms with Crippen molar-refractivity contribution in [3.05, 3.63) is 87.7 Å². The van der Waals surface area contributed by atoms with Crippen LogP contribution in [0.4, 0.5) is 8.78 Å². The van der Waals surface area contributed by atoms with Crippen LogP contribution >= 0.6 is 0 Å². The quantitative estimate of drug-likeness (QED) is 0.664. The van der Waals surface area contributed by atoms with Gasteiger partial charge >= 0.3 is 0 Å². The van der Waals surface area contributed by atoms with Gasteiger partial charge < -0.3 is 5.32 Å². The van der Waals surface area contributed by atoms with Crippen molar-refractivity contribution in [2.24, 2.45) is 0 Å². The van der Waals surface area contributed by atoms with Gasteiger partial charge in [0.15, 0.2) is 0 Å². The molecule has 0 bridgehead atoms. The summed E-state index contributed by atoms with van der Waals surface area (Å²) in [6, 6.07) is 11.9. The van der Waals surface area contributed by atoms with Gasteiger partial charge in [0, 0.05) is 35.5 Å². The number of hydrogen-bond donors (Lipinski definition) is 1. The van der Waals surface area contributed by atoms with E-state index in [0.717, 1.165) is 29.6 Å². The Morgan fingerprint density at radius 3 is 2.41 bits per heavy atom. The summed E-state index contributed by atoms with van der Waals surface area (Å²) in [5.74, 6) is -1.09. The molecule has 0 fully saturated rings. The van der Waals surface area contributed by atoms with Gasteiger partial charge in [-0.2, -0.15) is 5.10 Å². The molecule has 142 valence electrons. The zero-order chi connectivity index (χ0) is 19.6. The Labute approximate surface area is 159 Å². The molecule has 0 saturated carbocycles. The van der Waals surface area contributed by atoms with Crippen molar-refractivity contribution in [3.8, 4) is 0 Å². The van der Waals surface area contributed by atoms with E-state index in [-0.39, 0.29) is 6.04 Å². The Hall–Kier alpha value is -2.53. The number of nitrogens with zero attached hydrogens (tertiary/aromatic N) is 2. The minimum absolute atomic E-state index is 0.232. The van der Waals surface area contributed by atoms with Crippen LogP contribution in [0.5, 0.6) is 0 Å². The van der Waals surface area contributed by atoms with Crippen LogP contribution in [-0.4, -0.2) is 9.78 Å². The fraction of sp³-hybridized carbons (Fsp3) is 0.318. The monoisotopic (exact) mass is 369 g/mol. The normalized spacial score (nSPS) is 12.4. The van der Waals surface area contributed by atoms with E-state index in [1.54, 1.807) is 0 Å². The van der Waals surface area contributed by atoms with Crippen molar-refractivity contribution in [1.82, 2.24) is 15.1 Å². The highest BCUT2D eigenvalue weighted by atomic mass is 19.1. The third-order valence-corrected chi connectivity index (χ3v) is 5.00. The first-order chi connectivity index (χ1) is 12.8. The van der Waals surface area contributed by atoms with Crippen molar-refractivity contribution in [2.75, 3.05) is 0 Å². The van der Waals surface area contributed by atoms with Crippen molar-refractivity contribution >= 4 is 0 Å². The summed E-state index contributed by atoms with van der Waals surface area (Å²) >= 11 is 0. The molecule has 0 saturated heterocycles. The first kappa shape index (κ1) is 19.2. The van der Waals surface area contributed by atoms with Crippen LogP contribution in [0.2, 0.25) is 0 Å². The molecule has 0 amide bonds. The zero-order valence-corrected chi connectivity index (χ0v) is 16.2. The van der Waals surface area contributed by atoms with Crippen LogP contribution in [0.15, 0.2) is 42.5 Å². The molecule has 3 nitrogen and oxygen atoms in total. The van der Waals surface area contributed by atoms with E-state index in [0.29, 0.717) is 12.1 Å². The van der Waals surface area contributed by atoms with Gasteiger partial charge in [0.05, 0.1) is 12.2 Å². The van der Waals surface area contributed by atoms with Gasteiger partial charge in [0.2, 0.25) is 0 Å².